The number of hydrogen-bond donors (Lipinski definition) is 0. The number of carbonyl (C=O) groups excluding carboxylic acids is 1. The van der Waals surface area contributed by atoms with Crippen molar-refractivity contribution in [2.75, 3.05) is 13.7 Å². The minimum Gasteiger partial charge on any atom is -0.493 e. The smallest absolute Gasteiger partial charge is 0.338 e. The minimum atomic E-state index is -0.546. The van der Waals surface area contributed by atoms with Crippen molar-refractivity contribution < 1.29 is 19.0 Å². The van der Waals surface area contributed by atoms with Gasteiger partial charge in [0.05, 0.1) is 24.3 Å². The molecule has 0 radical (unpaired) electrons. The molecule has 0 unspecified atom stereocenters. The van der Waals surface area contributed by atoms with E-state index in [9.17, 15) is 4.79 Å². The first-order valence-corrected chi connectivity index (χ1v) is 9.26. The third kappa shape index (κ3) is 5.82. The van der Waals surface area contributed by atoms with E-state index in [1.165, 1.54) is 13.2 Å². The molecule has 0 spiro atoms. The van der Waals surface area contributed by atoms with Crippen LogP contribution in [0.1, 0.15) is 49.8 Å². The predicted molar refractivity (Wildman–Crippen MR) is 100 cm³/mol. The topological polar surface area (TPSA) is 88.4 Å². The van der Waals surface area contributed by atoms with Gasteiger partial charge in [0.1, 0.15) is 0 Å². The van der Waals surface area contributed by atoms with Gasteiger partial charge in [-0.25, -0.2) is 9.48 Å². The van der Waals surface area contributed by atoms with E-state index in [1.54, 1.807) is 10.7 Å². The number of tetrazole rings is 1. The maximum Gasteiger partial charge on any atom is 0.338 e. The van der Waals surface area contributed by atoms with Gasteiger partial charge < -0.3 is 14.2 Å². The summed E-state index contributed by atoms with van der Waals surface area (Å²) in [5, 5.41) is 11.6. The fourth-order valence-corrected chi connectivity index (χ4v) is 2.57. The highest BCUT2D eigenvalue weighted by Crippen LogP contribution is 2.36. The molecule has 0 saturated carbocycles. The maximum atomic E-state index is 12.4. The van der Waals surface area contributed by atoms with Gasteiger partial charge in [-0.2, -0.15) is 0 Å². The number of methoxy groups -OCH3 is 1. The van der Waals surface area contributed by atoms with E-state index in [2.05, 4.69) is 29.4 Å². The van der Waals surface area contributed by atoms with Crippen LogP contribution in [-0.2, 0) is 17.9 Å². The Bertz CT molecular complexity index is 764. The number of benzene rings is 1. The van der Waals surface area contributed by atoms with Gasteiger partial charge >= 0.3 is 5.97 Å². The molecule has 0 aliphatic heterocycles. The number of carbonyl (C=O) groups is 1. The number of nitrogens with zero attached hydrogens (tertiary/aromatic N) is 4. The molecule has 0 fully saturated rings. The Labute approximate surface area is 163 Å². The largest absolute Gasteiger partial charge is 0.493 e. The highest BCUT2D eigenvalue weighted by molar-refractivity contribution is 6.32. The third-order valence-electron chi connectivity index (χ3n) is 3.78. The highest BCUT2D eigenvalue weighted by Gasteiger charge is 2.18. The molecule has 0 aliphatic carbocycles. The molecule has 0 N–H and O–H groups in total. The van der Waals surface area contributed by atoms with Crippen LogP contribution in [0.2, 0.25) is 5.02 Å². The normalized spacial score (nSPS) is 10.9. The first-order chi connectivity index (χ1) is 13.0. The molecule has 27 heavy (non-hydrogen) atoms. The zero-order valence-corrected chi connectivity index (χ0v) is 16.8. The molecule has 2 rings (SSSR count). The van der Waals surface area contributed by atoms with Crippen LogP contribution in [0.4, 0.5) is 0 Å². The molecule has 1 heterocycles. The van der Waals surface area contributed by atoms with Crippen LogP contribution >= 0.6 is 11.6 Å². The lowest BCUT2D eigenvalue weighted by molar-refractivity contribution is 0.0456. The number of hydrogen-bond acceptors (Lipinski definition) is 7. The van der Waals surface area contributed by atoms with E-state index in [0.29, 0.717) is 41.4 Å². The van der Waals surface area contributed by atoms with Crippen LogP contribution in [0.15, 0.2) is 12.1 Å². The molecule has 0 aliphatic rings. The molecule has 0 bridgehead atoms. The standard InChI is InChI=1S/C18H25ClN4O4/c1-5-7-23-16(20-21-22-23)11-27-18(24)13-9-14(19)17(15(10-13)25-4)26-8-6-12(2)3/h9-10,12H,5-8,11H2,1-4H3. The summed E-state index contributed by atoms with van der Waals surface area (Å²) in [4.78, 5) is 12.4. The third-order valence-corrected chi connectivity index (χ3v) is 4.06. The summed E-state index contributed by atoms with van der Waals surface area (Å²) in [5.74, 6) is 1.25. The van der Waals surface area contributed by atoms with Gasteiger partial charge in [0.15, 0.2) is 23.9 Å². The van der Waals surface area contributed by atoms with Crippen molar-refractivity contribution in [1.82, 2.24) is 20.2 Å². The van der Waals surface area contributed by atoms with Crippen molar-refractivity contribution in [3.8, 4) is 11.5 Å². The fourth-order valence-electron chi connectivity index (χ4n) is 2.30. The predicted octanol–water partition coefficient (Wildman–Crippen LogP) is 3.53. The maximum absolute atomic E-state index is 12.4. The van der Waals surface area contributed by atoms with E-state index >= 15 is 0 Å². The first-order valence-electron chi connectivity index (χ1n) is 8.88. The van der Waals surface area contributed by atoms with Crippen molar-refractivity contribution in [1.29, 1.82) is 0 Å². The number of halogens is 1. The summed E-state index contributed by atoms with van der Waals surface area (Å²) in [7, 11) is 1.50. The van der Waals surface area contributed by atoms with Crippen LogP contribution in [0.5, 0.6) is 11.5 Å². The SMILES string of the molecule is CCCn1nnnc1COC(=O)c1cc(Cl)c(OCCC(C)C)c(OC)c1. The Morgan fingerprint density at radius 1 is 1.33 bits per heavy atom. The fraction of sp³-hybridized carbons (Fsp3) is 0.556. The van der Waals surface area contributed by atoms with E-state index in [-0.39, 0.29) is 12.2 Å². The van der Waals surface area contributed by atoms with Gasteiger partial charge in [-0.1, -0.05) is 32.4 Å². The summed E-state index contributed by atoms with van der Waals surface area (Å²) in [6.07, 6.45) is 1.76. The molecule has 8 nitrogen and oxygen atoms in total. The number of aryl methyl sites for hydroxylation is 1. The number of ether oxygens (including phenoxy) is 3. The monoisotopic (exact) mass is 396 g/mol. The van der Waals surface area contributed by atoms with Crippen molar-refractivity contribution >= 4 is 17.6 Å². The molecule has 2 aromatic rings. The van der Waals surface area contributed by atoms with Gasteiger partial charge in [-0.3, -0.25) is 0 Å². The average molecular weight is 397 g/mol. The van der Waals surface area contributed by atoms with Crippen LogP contribution in [0.25, 0.3) is 0 Å². The summed E-state index contributed by atoms with van der Waals surface area (Å²) < 4.78 is 18.0. The molecule has 0 atom stereocenters. The molecule has 0 amide bonds. The van der Waals surface area contributed by atoms with Crippen LogP contribution in [0.3, 0.4) is 0 Å². The van der Waals surface area contributed by atoms with Gasteiger partial charge in [0, 0.05) is 6.54 Å². The number of rotatable bonds is 10. The van der Waals surface area contributed by atoms with Crippen LogP contribution < -0.4 is 9.47 Å². The van der Waals surface area contributed by atoms with E-state index in [1.807, 2.05) is 6.92 Å². The van der Waals surface area contributed by atoms with E-state index in [0.717, 1.165) is 12.8 Å². The molecule has 1 aromatic carbocycles. The Morgan fingerprint density at radius 3 is 2.78 bits per heavy atom. The molecular formula is C18H25ClN4O4. The van der Waals surface area contributed by atoms with Gasteiger partial charge in [-0.05, 0) is 41.3 Å². The lowest BCUT2D eigenvalue weighted by atomic mass is 10.1. The van der Waals surface area contributed by atoms with Gasteiger partial charge in [0.2, 0.25) is 0 Å². The lowest BCUT2D eigenvalue weighted by Crippen LogP contribution is -2.11. The highest BCUT2D eigenvalue weighted by atomic mass is 35.5. The Kier molecular flexibility index (Phi) is 7.84. The Balaban J connectivity index is 2.07. The molecule has 148 valence electrons. The van der Waals surface area contributed by atoms with E-state index < -0.39 is 5.97 Å². The first kappa shape index (κ1) is 21.0. The summed E-state index contributed by atoms with van der Waals surface area (Å²) >= 11 is 6.29. The Hall–Kier alpha value is -2.35. The summed E-state index contributed by atoms with van der Waals surface area (Å²) in [6, 6.07) is 3.06. The minimum absolute atomic E-state index is 0.0294. The second kappa shape index (κ2) is 10.1. The second-order valence-electron chi connectivity index (χ2n) is 6.41. The molecular weight excluding hydrogens is 372 g/mol. The molecule has 0 saturated heterocycles. The van der Waals surface area contributed by atoms with Crippen LogP contribution in [0, 0.1) is 5.92 Å². The van der Waals surface area contributed by atoms with Crippen molar-refractivity contribution in [2.24, 2.45) is 5.92 Å². The summed E-state index contributed by atoms with van der Waals surface area (Å²) in [5.41, 5.74) is 0.266. The van der Waals surface area contributed by atoms with Crippen molar-refractivity contribution in [3.05, 3.63) is 28.5 Å². The van der Waals surface area contributed by atoms with Gasteiger partial charge in [-0.15, -0.1) is 5.10 Å². The Morgan fingerprint density at radius 2 is 2.11 bits per heavy atom. The summed E-state index contributed by atoms with van der Waals surface area (Å²) in [6.45, 7) is 7.37. The van der Waals surface area contributed by atoms with Crippen LogP contribution in [-0.4, -0.2) is 39.9 Å². The number of aromatic nitrogens is 4. The van der Waals surface area contributed by atoms with Gasteiger partial charge in [0.25, 0.3) is 0 Å². The zero-order valence-electron chi connectivity index (χ0n) is 16.1. The molecule has 1 aromatic heterocycles. The number of esters is 1. The zero-order chi connectivity index (χ0) is 19.8. The van der Waals surface area contributed by atoms with E-state index in [4.69, 9.17) is 25.8 Å². The van der Waals surface area contributed by atoms with Crippen molar-refractivity contribution in [2.45, 2.75) is 46.8 Å². The second-order valence-corrected chi connectivity index (χ2v) is 6.82. The lowest BCUT2D eigenvalue weighted by Gasteiger charge is -2.14. The average Bonchev–Trinajstić information content (AvgIpc) is 3.07. The van der Waals surface area contributed by atoms with Crippen molar-refractivity contribution in [3.63, 3.8) is 0 Å². The molecule has 9 heteroatoms. The quantitative estimate of drug-likeness (QED) is 0.567.